The fourth-order valence-corrected chi connectivity index (χ4v) is 10.3. The summed E-state index contributed by atoms with van der Waals surface area (Å²) in [5.74, 6) is 0.328. The zero-order valence-electron chi connectivity index (χ0n) is 24.1. The lowest BCUT2D eigenvalue weighted by Crippen LogP contribution is -2.54. The lowest BCUT2D eigenvalue weighted by atomic mass is 9.56. The maximum absolute atomic E-state index is 14.1. The third-order valence-corrected chi connectivity index (χ3v) is 12.3. The summed E-state index contributed by atoms with van der Waals surface area (Å²) in [7, 11) is 0. The SMILES string of the molecule is CC1=C2C[C@H]3[C@@H](CCC4=CC(=O)CC[C@@]43C)[C@@H]2CC[C@]12O[C@@H]1C[C@H](C)CN(C(=O)c3ccc(F)c(F)c3)[C@H]1[C@H]2C. The highest BCUT2D eigenvalue weighted by molar-refractivity contribution is 5.94. The summed E-state index contributed by atoms with van der Waals surface area (Å²) in [6.45, 7) is 9.69. The Morgan fingerprint density at radius 3 is 2.67 bits per heavy atom. The van der Waals surface area contributed by atoms with Gasteiger partial charge in [0.05, 0.1) is 17.7 Å². The van der Waals surface area contributed by atoms with Crippen LogP contribution in [0.5, 0.6) is 0 Å². The zero-order valence-corrected chi connectivity index (χ0v) is 24.1. The van der Waals surface area contributed by atoms with Gasteiger partial charge in [-0.2, -0.15) is 0 Å². The van der Waals surface area contributed by atoms with Crippen LogP contribution in [0.15, 0.2) is 41.0 Å². The molecule has 0 unspecified atom stereocenters. The average Bonchev–Trinajstić information content (AvgIpc) is 3.44. The highest BCUT2D eigenvalue weighted by Crippen LogP contribution is 2.65. The molecule has 4 nitrogen and oxygen atoms in total. The number of piperidine rings is 1. The van der Waals surface area contributed by atoms with Crippen LogP contribution in [0.4, 0.5) is 8.78 Å². The smallest absolute Gasteiger partial charge is 0.254 e. The Labute approximate surface area is 236 Å². The maximum atomic E-state index is 14.1. The van der Waals surface area contributed by atoms with Crippen molar-refractivity contribution in [3.63, 3.8) is 0 Å². The summed E-state index contributed by atoms with van der Waals surface area (Å²) in [6.07, 6.45) is 9.81. The largest absolute Gasteiger partial charge is 0.365 e. The summed E-state index contributed by atoms with van der Waals surface area (Å²) in [5.41, 5.74) is 4.27. The molecule has 214 valence electrons. The number of nitrogens with zero attached hydrogens (tertiary/aromatic N) is 1. The number of carbonyl (C=O) groups is 2. The molecule has 4 aliphatic carbocycles. The van der Waals surface area contributed by atoms with Gasteiger partial charge in [-0.1, -0.05) is 31.9 Å². The summed E-state index contributed by atoms with van der Waals surface area (Å²) in [6, 6.07) is 3.38. The molecule has 2 saturated carbocycles. The highest BCUT2D eigenvalue weighted by Gasteiger charge is 2.62. The number of halogens is 2. The van der Waals surface area contributed by atoms with Crippen LogP contribution in [-0.2, 0) is 9.53 Å². The van der Waals surface area contributed by atoms with Gasteiger partial charge in [0, 0.05) is 24.4 Å². The van der Waals surface area contributed by atoms with E-state index in [0.717, 1.165) is 50.7 Å². The van der Waals surface area contributed by atoms with Crippen molar-refractivity contribution in [2.75, 3.05) is 6.54 Å². The molecule has 6 aliphatic rings. The van der Waals surface area contributed by atoms with E-state index >= 15 is 0 Å². The molecule has 7 rings (SSSR count). The van der Waals surface area contributed by atoms with E-state index in [-0.39, 0.29) is 40.9 Å². The zero-order chi connectivity index (χ0) is 28.1. The van der Waals surface area contributed by atoms with Crippen molar-refractivity contribution in [1.82, 2.24) is 4.90 Å². The lowest BCUT2D eigenvalue weighted by Gasteiger charge is -2.48. The molecule has 1 aromatic rings. The second-order valence-electron chi connectivity index (χ2n) is 14.1. The summed E-state index contributed by atoms with van der Waals surface area (Å²) in [5, 5.41) is 0. The molecule has 4 fully saturated rings. The van der Waals surface area contributed by atoms with E-state index < -0.39 is 17.2 Å². The van der Waals surface area contributed by atoms with Crippen LogP contribution in [-0.4, -0.2) is 40.9 Å². The van der Waals surface area contributed by atoms with Crippen molar-refractivity contribution in [2.45, 2.75) is 96.8 Å². The minimum absolute atomic E-state index is 0.0693. The number of fused-ring (bicyclic) bond motifs is 6. The lowest BCUT2D eigenvalue weighted by molar-refractivity contribution is -0.116. The first-order chi connectivity index (χ1) is 19.0. The first kappa shape index (κ1) is 26.6. The number of rotatable bonds is 1. The van der Waals surface area contributed by atoms with Gasteiger partial charge >= 0.3 is 0 Å². The fraction of sp³-hybridized carbons (Fsp3) is 0.647. The van der Waals surface area contributed by atoms with Gasteiger partial charge in [-0.15, -0.1) is 0 Å². The molecule has 0 aromatic heterocycles. The monoisotopic (exact) mass is 549 g/mol. The first-order valence-electron chi connectivity index (χ1n) is 15.4. The van der Waals surface area contributed by atoms with E-state index in [1.54, 1.807) is 5.57 Å². The quantitative estimate of drug-likeness (QED) is 0.353. The first-order valence-corrected chi connectivity index (χ1v) is 15.4. The van der Waals surface area contributed by atoms with Gasteiger partial charge in [-0.3, -0.25) is 9.59 Å². The third kappa shape index (κ3) is 3.63. The second kappa shape index (κ2) is 9.08. The normalized spacial score (nSPS) is 42.4. The predicted octanol–water partition coefficient (Wildman–Crippen LogP) is 7.04. The minimum atomic E-state index is -0.990. The van der Waals surface area contributed by atoms with Gasteiger partial charge in [-0.25, -0.2) is 8.78 Å². The molecule has 1 amide bonds. The van der Waals surface area contributed by atoms with Crippen molar-refractivity contribution < 1.29 is 23.1 Å². The summed E-state index contributed by atoms with van der Waals surface area (Å²) >= 11 is 0. The van der Waals surface area contributed by atoms with E-state index in [2.05, 4.69) is 27.7 Å². The number of allylic oxidation sites excluding steroid dienone is 3. The van der Waals surface area contributed by atoms with Crippen LogP contribution in [0.25, 0.3) is 0 Å². The number of ketones is 1. The molecule has 2 aliphatic heterocycles. The fourth-order valence-electron chi connectivity index (χ4n) is 10.3. The number of amides is 1. The van der Waals surface area contributed by atoms with Gasteiger partial charge in [-0.05, 0) is 111 Å². The van der Waals surface area contributed by atoms with E-state index in [0.29, 0.717) is 36.5 Å². The van der Waals surface area contributed by atoms with Crippen LogP contribution in [0.3, 0.4) is 0 Å². The van der Waals surface area contributed by atoms with Crippen LogP contribution in [0, 0.1) is 46.6 Å². The van der Waals surface area contributed by atoms with Crippen LogP contribution in [0.1, 0.15) is 89.4 Å². The van der Waals surface area contributed by atoms with Crippen molar-refractivity contribution in [3.8, 4) is 0 Å². The molecule has 0 bridgehead atoms. The van der Waals surface area contributed by atoms with Crippen molar-refractivity contribution in [2.24, 2.45) is 35.0 Å². The Bertz CT molecular complexity index is 1350. The number of likely N-dealkylation sites (tertiary alicyclic amines) is 1. The Kier molecular flexibility index (Phi) is 6.03. The van der Waals surface area contributed by atoms with E-state index in [9.17, 15) is 18.4 Å². The van der Waals surface area contributed by atoms with E-state index in [1.807, 2.05) is 11.0 Å². The number of hydrogen-bond acceptors (Lipinski definition) is 3. The van der Waals surface area contributed by atoms with Gasteiger partial charge < -0.3 is 9.64 Å². The molecule has 9 atom stereocenters. The average molecular weight is 550 g/mol. The molecule has 1 aromatic carbocycles. The molecule has 2 heterocycles. The molecule has 6 heteroatoms. The molecular weight excluding hydrogens is 508 g/mol. The van der Waals surface area contributed by atoms with Crippen LogP contribution in [0.2, 0.25) is 0 Å². The van der Waals surface area contributed by atoms with Crippen molar-refractivity contribution in [1.29, 1.82) is 0 Å². The van der Waals surface area contributed by atoms with Gasteiger partial charge in [0.25, 0.3) is 5.91 Å². The van der Waals surface area contributed by atoms with Crippen molar-refractivity contribution >= 4 is 11.7 Å². The second-order valence-corrected chi connectivity index (χ2v) is 14.1. The topological polar surface area (TPSA) is 46.6 Å². The Morgan fingerprint density at radius 1 is 1.10 bits per heavy atom. The maximum Gasteiger partial charge on any atom is 0.254 e. The number of ether oxygens (including phenoxy) is 1. The third-order valence-electron chi connectivity index (χ3n) is 12.3. The number of benzene rings is 1. The standard InChI is InChI=1S/C34H41F2NO3/c1-18-13-30-31(37(17-18)32(39)21-5-8-28(35)29(36)14-21)20(3)34(40-30)12-10-24-25-7-6-22-15-23(38)9-11-33(22,4)27(25)16-26(24)19(34)2/h5,8,14-15,18,20,24-25,27,30-31H,6-7,9-13,16-17H2,1-4H3/t18-,20+,24-,25-,27-,30+,31-,33-,34-/m0/s1. The molecule has 2 saturated heterocycles. The van der Waals surface area contributed by atoms with Gasteiger partial charge in [0.15, 0.2) is 17.4 Å². The summed E-state index contributed by atoms with van der Waals surface area (Å²) < 4.78 is 34.8. The Morgan fingerprint density at radius 2 is 1.90 bits per heavy atom. The van der Waals surface area contributed by atoms with Crippen LogP contribution >= 0.6 is 0 Å². The van der Waals surface area contributed by atoms with Crippen molar-refractivity contribution in [3.05, 3.63) is 58.2 Å². The van der Waals surface area contributed by atoms with Crippen LogP contribution < -0.4 is 0 Å². The Hall–Kier alpha value is -2.34. The van der Waals surface area contributed by atoms with E-state index in [1.165, 1.54) is 23.6 Å². The number of carbonyl (C=O) groups excluding carboxylic acids is 2. The molecule has 40 heavy (non-hydrogen) atoms. The number of hydrogen-bond donors (Lipinski definition) is 0. The van der Waals surface area contributed by atoms with Gasteiger partial charge in [0.2, 0.25) is 0 Å². The predicted molar refractivity (Wildman–Crippen MR) is 148 cm³/mol. The molecule has 0 radical (unpaired) electrons. The van der Waals surface area contributed by atoms with E-state index in [4.69, 9.17) is 4.74 Å². The van der Waals surface area contributed by atoms with Gasteiger partial charge in [0.1, 0.15) is 0 Å². The summed E-state index contributed by atoms with van der Waals surface area (Å²) in [4.78, 5) is 27.9. The molecular formula is C34H41F2NO3. The minimum Gasteiger partial charge on any atom is -0.365 e. The molecule has 1 spiro atoms. The highest BCUT2D eigenvalue weighted by atomic mass is 19.2. The Balaban J connectivity index is 1.22. The molecule has 0 N–H and O–H groups in total.